The normalized spacial score (nSPS) is 11.8. The predicted octanol–water partition coefficient (Wildman–Crippen LogP) is -0.855. The van der Waals surface area contributed by atoms with Gasteiger partial charge >= 0.3 is 0 Å². The van der Waals surface area contributed by atoms with E-state index in [0.717, 1.165) is 23.5 Å². The zero-order valence-electron chi connectivity index (χ0n) is 9.17. The highest BCUT2D eigenvalue weighted by atomic mass is 28.2. The first-order chi connectivity index (χ1) is 6.20. The average Bonchev–Trinajstić information content (AvgIpc) is 2.04. The lowest BCUT2D eigenvalue weighted by Gasteiger charge is -2.19. The van der Waals surface area contributed by atoms with E-state index >= 15 is 0 Å². The van der Waals surface area contributed by atoms with Crippen LogP contribution in [0.3, 0.4) is 0 Å². The van der Waals surface area contributed by atoms with Gasteiger partial charge < -0.3 is 14.0 Å². The molecule has 1 N–H and O–H groups in total. The van der Waals surface area contributed by atoms with E-state index in [0.29, 0.717) is 13.2 Å². The van der Waals surface area contributed by atoms with Crippen molar-refractivity contribution in [3.05, 3.63) is 0 Å². The third-order valence-electron chi connectivity index (χ3n) is 1.51. The summed E-state index contributed by atoms with van der Waals surface area (Å²) in [5, 5.41) is 3.19. The molecule has 0 heterocycles. The van der Waals surface area contributed by atoms with Gasteiger partial charge in [-0.1, -0.05) is 0 Å². The summed E-state index contributed by atoms with van der Waals surface area (Å²) in [6, 6.07) is 0. The smallest absolute Gasteiger partial charge is 0.216 e. The highest BCUT2D eigenvalue weighted by molar-refractivity contribution is 6.04. The predicted molar refractivity (Wildman–Crippen MR) is 57.6 cm³/mol. The number of likely N-dealkylation sites (N-methyl/N-ethyl adjacent to an activating group) is 1. The van der Waals surface area contributed by atoms with Crippen LogP contribution in [0.5, 0.6) is 0 Å². The van der Waals surface area contributed by atoms with Gasteiger partial charge in [0.1, 0.15) is 0 Å². The van der Waals surface area contributed by atoms with Gasteiger partial charge in [0.25, 0.3) is 0 Å². The number of nitrogens with zero attached hydrogens (tertiary/aromatic N) is 1. The van der Waals surface area contributed by atoms with Crippen molar-refractivity contribution < 1.29 is 9.47 Å². The minimum Gasteiger partial charge on any atom is -0.340 e. The summed E-state index contributed by atoms with van der Waals surface area (Å²) in [5.41, 5.74) is 0. The lowest BCUT2D eigenvalue weighted by molar-refractivity contribution is -0.154. The van der Waals surface area contributed by atoms with Crippen molar-refractivity contribution in [3.63, 3.8) is 0 Å². The molecule has 0 aromatic carbocycles. The first-order valence-corrected chi connectivity index (χ1v) is 5.71. The molecule has 0 unspecified atom stereocenters. The Morgan fingerprint density at radius 2 is 1.85 bits per heavy atom. The second kappa shape index (κ2) is 8.65. The first kappa shape index (κ1) is 13.1. The van der Waals surface area contributed by atoms with Gasteiger partial charge in [0.15, 0.2) is 0 Å². The van der Waals surface area contributed by atoms with E-state index in [2.05, 4.69) is 16.9 Å². The van der Waals surface area contributed by atoms with Gasteiger partial charge in [0, 0.05) is 26.3 Å². The largest absolute Gasteiger partial charge is 0.340 e. The maximum atomic E-state index is 5.32. The summed E-state index contributed by atoms with van der Waals surface area (Å²) in [4.78, 5) is 0. The van der Waals surface area contributed by atoms with Gasteiger partial charge in [-0.15, -0.1) is 0 Å². The maximum absolute atomic E-state index is 5.32. The lowest BCUT2D eigenvalue weighted by Crippen LogP contribution is -2.38. The molecule has 0 atom stereocenters. The summed E-state index contributed by atoms with van der Waals surface area (Å²) in [7, 11) is 3.20. The van der Waals surface area contributed by atoms with Gasteiger partial charge in [-0.2, -0.15) is 0 Å². The van der Waals surface area contributed by atoms with Crippen molar-refractivity contribution in [1.82, 2.24) is 9.88 Å². The van der Waals surface area contributed by atoms with Crippen LogP contribution in [0.25, 0.3) is 0 Å². The fraction of sp³-hybridized carbons (Fsp3) is 1.00. The molecule has 0 saturated heterocycles. The van der Waals surface area contributed by atoms with E-state index in [1.807, 2.05) is 13.8 Å². The van der Waals surface area contributed by atoms with Crippen LogP contribution in [-0.2, 0) is 9.47 Å². The third kappa shape index (κ3) is 8.39. The van der Waals surface area contributed by atoms with E-state index in [9.17, 15) is 0 Å². The Bertz CT molecular complexity index is 108. The molecular formula is C8H22N2O2Si. The van der Waals surface area contributed by atoms with Crippen molar-refractivity contribution in [3.8, 4) is 0 Å². The van der Waals surface area contributed by atoms with Crippen molar-refractivity contribution in [1.29, 1.82) is 0 Å². The van der Waals surface area contributed by atoms with E-state index in [4.69, 9.17) is 9.47 Å². The lowest BCUT2D eigenvalue weighted by atomic mass is 10.6. The van der Waals surface area contributed by atoms with Gasteiger partial charge in [0.05, 0.1) is 10.4 Å². The molecule has 0 aromatic rings. The van der Waals surface area contributed by atoms with Crippen molar-refractivity contribution >= 4 is 10.4 Å². The molecule has 13 heavy (non-hydrogen) atoms. The number of hydrogen-bond acceptors (Lipinski definition) is 4. The fourth-order valence-corrected chi connectivity index (χ4v) is 1.10. The van der Waals surface area contributed by atoms with E-state index in [1.165, 1.54) is 0 Å². The maximum Gasteiger partial charge on any atom is 0.216 e. The molecule has 0 radical (unpaired) electrons. The zero-order valence-corrected chi connectivity index (χ0v) is 11.2. The summed E-state index contributed by atoms with van der Waals surface area (Å²) in [6.07, 6.45) is -0.239. The second-order valence-electron chi connectivity index (χ2n) is 3.00. The van der Waals surface area contributed by atoms with Gasteiger partial charge in [-0.25, -0.2) is 0 Å². The summed E-state index contributed by atoms with van der Waals surface area (Å²) in [5.74, 6) is 0. The average molecular weight is 206 g/mol. The Morgan fingerprint density at radius 1 is 1.31 bits per heavy atom. The number of rotatable bonds is 8. The second-order valence-corrected chi connectivity index (χ2v) is 4.53. The Kier molecular flexibility index (Phi) is 8.68. The van der Waals surface area contributed by atoms with Gasteiger partial charge in [-0.3, -0.25) is 5.32 Å². The van der Waals surface area contributed by atoms with Crippen LogP contribution < -0.4 is 5.32 Å². The minimum atomic E-state index is -0.239. The highest BCUT2D eigenvalue weighted by Crippen LogP contribution is 1.89. The number of hydrogen-bond donors (Lipinski definition) is 1. The summed E-state index contributed by atoms with van der Waals surface area (Å²) in [6.45, 7) is 7.23. The fourth-order valence-electron chi connectivity index (χ4n) is 0.875. The topological polar surface area (TPSA) is 33.7 Å². The highest BCUT2D eigenvalue weighted by Gasteiger charge is 2.05. The number of ether oxygens (including phenoxy) is 2. The quantitative estimate of drug-likeness (QED) is 0.414. The molecule has 0 saturated carbocycles. The molecular weight excluding hydrogens is 184 g/mol. The molecule has 0 spiro atoms. The van der Waals surface area contributed by atoms with Crippen molar-refractivity contribution in [2.45, 2.75) is 20.3 Å². The summed E-state index contributed by atoms with van der Waals surface area (Å²) >= 11 is 0. The zero-order chi connectivity index (χ0) is 10.1. The summed E-state index contributed by atoms with van der Waals surface area (Å²) < 4.78 is 12.9. The Labute approximate surface area is 84.1 Å². The van der Waals surface area contributed by atoms with Gasteiger partial charge in [-0.05, 0) is 20.9 Å². The van der Waals surface area contributed by atoms with E-state index in [-0.39, 0.29) is 6.41 Å². The Morgan fingerprint density at radius 3 is 2.23 bits per heavy atom. The molecule has 5 heteroatoms. The van der Waals surface area contributed by atoms with Crippen LogP contribution >= 0.6 is 0 Å². The molecule has 0 aliphatic carbocycles. The van der Waals surface area contributed by atoms with E-state index in [1.54, 1.807) is 0 Å². The monoisotopic (exact) mass is 206 g/mol. The van der Waals surface area contributed by atoms with Crippen LogP contribution in [0.1, 0.15) is 13.8 Å². The molecule has 80 valence electrons. The Balaban J connectivity index is 3.44. The Hall–Kier alpha value is 0.0569. The van der Waals surface area contributed by atoms with Crippen molar-refractivity contribution in [2.75, 3.05) is 33.4 Å². The third-order valence-corrected chi connectivity index (χ3v) is 1.95. The number of nitrogens with one attached hydrogen (secondary N) is 1. The molecule has 0 aliphatic heterocycles. The van der Waals surface area contributed by atoms with E-state index < -0.39 is 0 Å². The van der Waals surface area contributed by atoms with Gasteiger partial charge in [0.2, 0.25) is 6.41 Å². The van der Waals surface area contributed by atoms with Crippen LogP contribution in [-0.4, -0.2) is 54.7 Å². The van der Waals surface area contributed by atoms with Crippen LogP contribution in [0, 0.1) is 0 Å². The molecule has 0 aliphatic rings. The molecule has 0 fully saturated rings. The SMILES string of the molecule is CCOC(NCCN(C)[SiH3])OCC. The minimum absolute atomic E-state index is 0.239. The molecule has 0 amide bonds. The molecule has 4 nitrogen and oxygen atoms in total. The van der Waals surface area contributed by atoms with Crippen molar-refractivity contribution in [2.24, 2.45) is 0 Å². The molecule has 0 bridgehead atoms. The van der Waals surface area contributed by atoms with Crippen LogP contribution in [0.15, 0.2) is 0 Å². The first-order valence-electron chi connectivity index (χ1n) is 4.82. The molecule has 0 aromatic heterocycles. The standard InChI is InChI=1S/C8H22N2O2Si/c1-4-11-8(12-5-2)9-6-7-10(3)13/h8-9H,4-7H2,1-3,13H3. The van der Waals surface area contributed by atoms with Crippen LogP contribution in [0.2, 0.25) is 0 Å². The molecule has 0 rings (SSSR count). The van der Waals surface area contributed by atoms with Crippen LogP contribution in [0.4, 0.5) is 0 Å².